The molecule has 0 saturated carbocycles. The number of likely N-dealkylation sites (N-methyl/N-ethyl adjacent to an activating group) is 1. The number of rotatable bonds is 9. The first-order valence-corrected chi connectivity index (χ1v) is 9.34. The number of nitrogens with zero attached hydrogens (tertiary/aromatic N) is 1. The van der Waals surface area contributed by atoms with E-state index in [1.807, 2.05) is 27.2 Å². The van der Waals surface area contributed by atoms with Gasteiger partial charge >= 0.3 is 0 Å². The second-order valence-electron chi connectivity index (χ2n) is 6.30. The Morgan fingerprint density at radius 1 is 1.29 bits per heavy atom. The molecule has 1 heterocycles. The van der Waals surface area contributed by atoms with E-state index in [1.165, 1.54) is 11.3 Å². The Hall–Kier alpha value is -0.470. The van der Waals surface area contributed by atoms with E-state index in [9.17, 15) is 8.42 Å². The molecule has 0 aromatic carbocycles. The highest BCUT2D eigenvalue weighted by molar-refractivity contribution is 7.91. The lowest BCUT2D eigenvalue weighted by molar-refractivity contribution is 0.242. The molecular weight excluding hydrogens is 306 g/mol. The van der Waals surface area contributed by atoms with Crippen molar-refractivity contribution < 1.29 is 8.42 Å². The predicted molar refractivity (Wildman–Crippen MR) is 89.5 cm³/mol. The molecule has 0 fully saturated rings. The van der Waals surface area contributed by atoms with Gasteiger partial charge in [-0.2, -0.15) is 0 Å². The maximum atomic E-state index is 12.3. The third-order valence-corrected chi connectivity index (χ3v) is 6.05. The molecule has 0 atom stereocenters. The summed E-state index contributed by atoms with van der Waals surface area (Å²) in [7, 11) is 2.46. The van der Waals surface area contributed by atoms with Crippen LogP contribution >= 0.6 is 11.3 Å². The van der Waals surface area contributed by atoms with E-state index in [0.717, 1.165) is 24.4 Å². The summed E-state index contributed by atoms with van der Waals surface area (Å²) in [5, 5.41) is 3.06. The standard InChI is InChI=1S/C14H27N3O2S2/c1-14(2,11-17(4)5)10-16-21(18,19)13-7-6-12(20-13)8-9-15-3/h6-7,15-16H,8-11H2,1-5H3. The number of sulfonamides is 1. The van der Waals surface area contributed by atoms with Crippen molar-refractivity contribution in [2.75, 3.05) is 40.8 Å². The Kier molecular flexibility index (Phi) is 6.80. The molecule has 0 unspecified atom stereocenters. The van der Waals surface area contributed by atoms with E-state index in [0.29, 0.717) is 10.8 Å². The van der Waals surface area contributed by atoms with Crippen LogP contribution in [0.2, 0.25) is 0 Å². The molecule has 0 amide bonds. The van der Waals surface area contributed by atoms with Gasteiger partial charge in [-0.1, -0.05) is 13.8 Å². The van der Waals surface area contributed by atoms with Crippen LogP contribution in [0.5, 0.6) is 0 Å². The molecular formula is C14H27N3O2S2. The van der Waals surface area contributed by atoms with Crippen molar-refractivity contribution in [3.8, 4) is 0 Å². The molecule has 21 heavy (non-hydrogen) atoms. The van der Waals surface area contributed by atoms with Gasteiger partial charge in [0, 0.05) is 18.0 Å². The molecule has 0 aliphatic rings. The van der Waals surface area contributed by atoms with Crippen LogP contribution in [-0.4, -0.2) is 54.1 Å². The Morgan fingerprint density at radius 3 is 2.52 bits per heavy atom. The number of hydrogen-bond donors (Lipinski definition) is 2. The SMILES string of the molecule is CNCCc1ccc(S(=O)(=O)NCC(C)(C)CN(C)C)s1. The van der Waals surface area contributed by atoms with Crippen LogP contribution in [-0.2, 0) is 16.4 Å². The van der Waals surface area contributed by atoms with Crippen LogP contribution in [0.1, 0.15) is 18.7 Å². The summed E-state index contributed by atoms with van der Waals surface area (Å²) < 4.78 is 27.8. The van der Waals surface area contributed by atoms with E-state index in [1.54, 1.807) is 6.07 Å². The maximum absolute atomic E-state index is 12.3. The second kappa shape index (κ2) is 7.69. The maximum Gasteiger partial charge on any atom is 0.250 e. The third-order valence-electron chi connectivity index (χ3n) is 3.01. The molecule has 2 N–H and O–H groups in total. The molecule has 0 spiro atoms. The zero-order valence-corrected chi connectivity index (χ0v) is 15.2. The molecule has 1 aromatic rings. The van der Waals surface area contributed by atoms with E-state index < -0.39 is 10.0 Å². The zero-order chi connectivity index (χ0) is 16.1. The van der Waals surface area contributed by atoms with Gasteiger partial charge in [-0.25, -0.2) is 13.1 Å². The van der Waals surface area contributed by atoms with Crippen molar-refractivity contribution in [2.45, 2.75) is 24.5 Å². The quantitative estimate of drug-likeness (QED) is 0.717. The van der Waals surface area contributed by atoms with Crippen LogP contribution in [0.3, 0.4) is 0 Å². The van der Waals surface area contributed by atoms with Gasteiger partial charge in [0.05, 0.1) is 0 Å². The number of thiophene rings is 1. The Labute approximate surface area is 132 Å². The lowest BCUT2D eigenvalue weighted by Crippen LogP contribution is -2.39. The summed E-state index contributed by atoms with van der Waals surface area (Å²) in [6.45, 7) is 6.22. The molecule has 0 aliphatic carbocycles. The first kappa shape index (κ1) is 18.6. The zero-order valence-electron chi connectivity index (χ0n) is 13.6. The fourth-order valence-electron chi connectivity index (χ4n) is 2.16. The highest BCUT2D eigenvalue weighted by atomic mass is 32.2. The van der Waals surface area contributed by atoms with Gasteiger partial charge in [0.2, 0.25) is 10.0 Å². The molecule has 5 nitrogen and oxygen atoms in total. The van der Waals surface area contributed by atoms with Gasteiger partial charge in [0.15, 0.2) is 0 Å². The summed E-state index contributed by atoms with van der Waals surface area (Å²) in [4.78, 5) is 3.15. The first-order chi connectivity index (χ1) is 9.66. The Morgan fingerprint density at radius 2 is 1.95 bits per heavy atom. The van der Waals surface area contributed by atoms with E-state index in [4.69, 9.17) is 0 Å². The van der Waals surface area contributed by atoms with Gasteiger partial charge < -0.3 is 10.2 Å². The van der Waals surface area contributed by atoms with Crippen LogP contribution < -0.4 is 10.0 Å². The fourth-order valence-corrected chi connectivity index (χ4v) is 4.80. The van der Waals surface area contributed by atoms with Crippen LogP contribution in [0.15, 0.2) is 16.3 Å². The van der Waals surface area contributed by atoms with Gasteiger partial charge in [0.25, 0.3) is 0 Å². The fraction of sp³-hybridized carbons (Fsp3) is 0.714. The largest absolute Gasteiger partial charge is 0.319 e. The minimum Gasteiger partial charge on any atom is -0.319 e. The monoisotopic (exact) mass is 333 g/mol. The predicted octanol–water partition coefficient (Wildman–Crippen LogP) is 1.38. The average molecular weight is 334 g/mol. The highest BCUT2D eigenvalue weighted by Crippen LogP contribution is 2.23. The van der Waals surface area contributed by atoms with Gasteiger partial charge in [-0.15, -0.1) is 11.3 Å². The summed E-state index contributed by atoms with van der Waals surface area (Å²) in [6, 6.07) is 3.58. The van der Waals surface area contributed by atoms with E-state index >= 15 is 0 Å². The molecule has 7 heteroatoms. The number of nitrogens with one attached hydrogen (secondary N) is 2. The smallest absolute Gasteiger partial charge is 0.250 e. The lowest BCUT2D eigenvalue weighted by atomic mass is 9.93. The topological polar surface area (TPSA) is 61.4 Å². The van der Waals surface area contributed by atoms with Crippen molar-refractivity contribution in [1.82, 2.24) is 14.9 Å². The lowest BCUT2D eigenvalue weighted by Gasteiger charge is -2.28. The van der Waals surface area contributed by atoms with Crippen molar-refractivity contribution in [3.05, 3.63) is 17.0 Å². The second-order valence-corrected chi connectivity index (χ2v) is 9.46. The third kappa shape index (κ3) is 6.44. The van der Waals surface area contributed by atoms with Crippen molar-refractivity contribution >= 4 is 21.4 Å². The molecule has 1 aromatic heterocycles. The molecule has 1 rings (SSSR count). The first-order valence-electron chi connectivity index (χ1n) is 7.04. The molecule has 0 aliphatic heterocycles. The van der Waals surface area contributed by atoms with Gasteiger partial charge in [-0.05, 0) is 51.7 Å². The summed E-state index contributed by atoms with van der Waals surface area (Å²) in [6.07, 6.45) is 0.850. The van der Waals surface area contributed by atoms with Crippen LogP contribution in [0, 0.1) is 5.41 Å². The van der Waals surface area contributed by atoms with Crippen molar-refractivity contribution in [2.24, 2.45) is 5.41 Å². The van der Waals surface area contributed by atoms with Gasteiger partial charge in [0.1, 0.15) is 4.21 Å². The summed E-state index contributed by atoms with van der Waals surface area (Å²) in [5.74, 6) is 0. The Bertz CT molecular complexity index is 536. The van der Waals surface area contributed by atoms with Crippen LogP contribution in [0.25, 0.3) is 0 Å². The molecule has 0 saturated heterocycles. The normalized spacial score (nSPS) is 13.0. The van der Waals surface area contributed by atoms with E-state index in [2.05, 4.69) is 28.8 Å². The summed E-state index contributed by atoms with van der Waals surface area (Å²) in [5.41, 5.74) is -0.108. The Balaban J connectivity index is 2.67. The molecule has 0 radical (unpaired) electrons. The highest BCUT2D eigenvalue weighted by Gasteiger charge is 2.24. The van der Waals surface area contributed by atoms with Crippen molar-refractivity contribution in [1.29, 1.82) is 0 Å². The molecule has 0 bridgehead atoms. The minimum absolute atomic E-state index is 0.108. The number of hydrogen-bond acceptors (Lipinski definition) is 5. The van der Waals surface area contributed by atoms with Crippen molar-refractivity contribution in [3.63, 3.8) is 0 Å². The average Bonchev–Trinajstić information content (AvgIpc) is 2.82. The molecule has 122 valence electrons. The minimum atomic E-state index is -3.40. The summed E-state index contributed by atoms with van der Waals surface area (Å²) >= 11 is 1.34. The van der Waals surface area contributed by atoms with Crippen LogP contribution in [0.4, 0.5) is 0 Å². The van der Waals surface area contributed by atoms with Gasteiger partial charge in [-0.3, -0.25) is 0 Å². The van der Waals surface area contributed by atoms with E-state index in [-0.39, 0.29) is 5.41 Å².